The summed E-state index contributed by atoms with van der Waals surface area (Å²) >= 11 is 0. The van der Waals surface area contributed by atoms with Crippen molar-refractivity contribution in [3.63, 3.8) is 0 Å². The van der Waals surface area contributed by atoms with Gasteiger partial charge in [-0.2, -0.15) is 4.31 Å². The zero-order valence-electron chi connectivity index (χ0n) is 12.0. The lowest BCUT2D eigenvalue weighted by Gasteiger charge is -2.22. The summed E-state index contributed by atoms with van der Waals surface area (Å²) in [6, 6.07) is 4.15. The summed E-state index contributed by atoms with van der Waals surface area (Å²) in [5, 5.41) is 0. The van der Waals surface area contributed by atoms with E-state index < -0.39 is 15.8 Å². The van der Waals surface area contributed by atoms with Gasteiger partial charge in [0, 0.05) is 19.6 Å². The molecule has 0 unspecified atom stereocenters. The van der Waals surface area contributed by atoms with E-state index in [4.69, 9.17) is 5.73 Å². The zero-order chi connectivity index (χ0) is 15.0. The standard InChI is InChI=1S/C15H21FN2O2S/c16-14-7-13(8-17)5-6-15(14)21(19,20)18(9-11-1-2-11)10-12-3-4-12/h5-7,11-12H,1-4,8-10,17H2. The van der Waals surface area contributed by atoms with Gasteiger partial charge < -0.3 is 5.73 Å². The average Bonchev–Trinajstić information content (AvgIpc) is 3.32. The number of hydrogen-bond donors (Lipinski definition) is 1. The van der Waals surface area contributed by atoms with Crippen molar-refractivity contribution in [3.05, 3.63) is 29.6 Å². The maximum absolute atomic E-state index is 14.1. The maximum Gasteiger partial charge on any atom is 0.246 e. The second kappa shape index (κ2) is 5.66. The van der Waals surface area contributed by atoms with Gasteiger partial charge in [-0.1, -0.05) is 6.07 Å². The van der Waals surface area contributed by atoms with Crippen molar-refractivity contribution >= 4 is 10.0 Å². The Morgan fingerprint density at radius 3 is 2.14 bits per heavy atom. The number of benzene rings is 1. The van der Waals surface area contributed by atoms with E-state index in [0.29, 0.717) is 30.5 Å². The Balaban J connectivity index is 1.87. The van der Waals surface area contributed by atoms with Crippen LogP contribution in [0.25, 0.3) is 0 Å². The first-order valence-corrected chi connectivity index (χ1v) is 8.93. The highest BCUT2D eigenvalue weighted by molar-refractivity contribution is 7.89. The maximum atomic E-state index is 14.1. The Bertz CT molecular complexity index is 611. The summed E-state index contributed by atoms with van der Waals surface area (Å²) in [4.78, 5) is -0.221. The quantitative estimate of drug-likeness (QED) is 0.838. The molecule has 0 radical (unpaired) electrons. The third-order valence-electron chi connectivity index (χ3n) is 4.17. The van der Waals surface area contributed by atoms with Crippen LogP contribution in [0.2, 0.25) is 0 Å². The molecule has 0 saturated heterocycles. The van der Waals surface area contributed by atoms with Crippen LogP contribution in [0.15, 0.2) is 23.1 Å². The summed E-state index contributed by atoms with van der Waals surface area (Å²) in [6.45, 7) is 1.25. The van der Waals surface area contributed by atoms with Crippen LogP contribution >= 0.6 is 0 Å². The van der Waals surface area contributed by atoms with E-state index in [9.17, 15) is 12.8 Å². The van der Waals surface area contributed by atoms with E-state index >= 15 is 0 Å². The molecule has 2 saturated carbocycles. The van der Waals surface area contributed by atoms with Crippen LogP contribution in [0.5, 0.6) is 0 Å². The second-order valence-electron chi connectivity index (χ2n) is 6.18. The minimum absolute atomic E-state index is 0.200. The number of halogens is 1. The van der Waals surface area contributed by atoms with Crippen molar-refractivity contribution < 1.29 is 12.8 Å². The second-order valence-corrected chi connectivity index (χ2v) is 8.08. The molecule has 4 nitrogen and oxygen atoms in total. The van der Waals surface area contributed by atoms with E-state index in [0.717, 1.165) is 25.7 Å². The summed E-state index contributed by atoms with van der Waals surface area (Å²) in [6.07, 6.45) is 4.30. The van der Waals surface area contributed by atoms with Crippen LogP contribution in [0.1, 0.15) is 31.2 Å². The predicted molar refractivity (Wildman–Crippen MR) is 78.5 cm³/mol. The molecule has 0 atom stereocenters. The van der Waals surface area contributed by atoms with E-state index in [1.165, 1.54) is 16.4 Å². The van der Waals surface area contributed by atoms with Crippen molar-refractivity contribution in [1.29, 1.82) is 0 Å². The molecule has 1 aromatic carbocycles. The third kappa shape index (κ3) is 3.44. The Hall–Kier alpha value is -0.980. The predicted octanol–water partition coefficient (Wildman–Crippen LogP) is 2.10. The fraction of sp³-hybridized carbons (Fsp3) is 0.600. The summed E-state index contributed by atoms with van der Waals surface area (Å²) in [5.74, 6) is 0.198. The number of sulfonamides is 1. The first-order chi connectivity index (χ1) is 10.0. The molecule has 0 spiro atoms. The van der Waals surface area contributed by atoms with Crippen molar-refractivity contribution in [2.24, 2.45) is 17.6 Å². The molecule has 2 aliphatic carbocycles. The van der Waals surface area contributed by atoms with Crippen molar-refractivity contribution in [2.45, 2.75) is 37.1 Å². The molecule has 0 aromatic heterocycles. The fourth-order valence-electron chi connectivity index (χ4n) is 2.47. The van der Waals surface area contributed by atoms with Crippen LogP contribution in [-0.2, 0) is 16.6 Å². The van der Waals surface area contributed by atoms with E-state index in [1.54, 1.807) is 6.07 Å². The molecule has 2 N–H and O–H groups in total. The van der Waals surface area contributed by atoms with Crippen LogP contribution in [0.3, 0.4) is 0 Å². The first-order valence-electron chi connectivity index (χ1n) is 7.49. The Morgan fingerprint density at radius 1 is 1.14 bits per heavy atom. The van der Waals surface area contributed by atoms with E-state index in [-0.39, 0.29) is 11.4 Å². The van der Waals surface area contributed by atoms with Gasteiger partial charge in [-0.05, 0) is 55.2 Å². The summed E-state index contributed by atoms with van der Waals surface area (Å²) in [5.41, 5.74) is 6.06. The highest BCUT2D eigenvalue weighted by atomic mass is 32.2. The van der Waals surface area contributed by atoms with Crippen molar-refractivity contribution in [3.8, 4) is 0 Å². The fourth-order valence-corrected chi connectivity index (χ4v) is 4.10. The molecule has 0 amide bonds. The van der Waals surface area contributed by atoms with Gasteiger partial charge in [-0.25, -0.2) is 12.8 Å². The van der Waals surface area contributed by atoms with Crippen LogP contribution in [0, 0.1) is 17.7 Å². The largest absolute Gasteiger partial charge is 0.326 e. The van der Waals surface area contributed by atoms with Crippen LogP contribution < -0.4 is 5.73 Å². The lowest BCUT2D eigenvalue weighted by molar-refractivity contribution is 0.379. The van der Waals surface area contributed by atoms with Crippen molar-refractivity contribution in [1.82, 2.24) is 4.31 Å². The van der Waals surface area contributed by atoms with Crippen LogP contribution in [0.4, 0.5) is 4.39 Å². The summed E-state index contributed by atoms with van der Waals surface area (Å²) < 4.78 is 41.1. The molecule has 1 aromatic rings. The van der Waals surface area contributed by atoms with Gasteiger partial charge in [0.25, 0.3) is 0 Å². The van der Waals surface area contributed by atoms with E-state index in [1.807, 2.05) is 0 Å². The molecular weight excluding hydrogens is 291 g/mol. The topological polar surface area (TPSA) is 63.4 Å². The monoisotopic (exact) mass is 312 g/mol. The molecule has 6 heteroatoms. The van der Waals surface area contributed by atoms with Crippen molar-refractivity contribution in [2.75, 3.05) is 13.1 Å². The normalized spacial score (nSPS) is 19.2. The smallest absolute Gasteiger partial charge is 0.246 e. The van der Waals surface area contributed by atoms with Gasteiger partial charge in [-0.3, -0.25) is 0 Å². The molecule has 116 valence electrons. The highest BCUT2D eigenvalue weighted by Crippen LogP contribution is 2.36. The van der Waals surface area contributed by atoms with Gasteiger partial charge >= 0.3 is 0 Å². The molecule has 2 fully saturated rings. The molecule has 0 heterocycles. The third-order valence-corrected chi connectivity index (χ3v) is 6.03. The van der Waals surface area contributed by atoms with Gasteiger partial charge in [0.05, 0.1) is 0 Å². The number of hydrogen-bond acceptors (Lipinski definition) is 3. The minimum atomic E-state index is -3.75. The van der Waals surface area contributed by atoms with Gasteiger partial charge in [-0.15, -0.1) is 0 Å². The van der Waals surface area contributed by atoms with Crippen LogP contribution in [-0.4, -0.2) is 25.8 Å². The lowest BCUT2D eigenvalue weighted by atomic mass is 10.2. The number of nitrogens with zero attached hydrogens (tertiary/aromatic N) is 1. The molecule has 3 rings (SSSR count). The van der Waals surface area contributed by atoms with E-state index in [2.05, 4.69) is 0 Å². The highest BCUT2D eigenvalue weighted by Gasteiger charge is 2.36. The first kappa shape index (κ1) is 14.9. The molecular formula is C15H21FN2O2S. The number of nitrogens with two attached hydrogens (primary N) is 1. The molecule has 21 heavy (non-hydrogen) atoms. The zero-order valence-corrected chi connectivity index (χ0v) is 12.8. The molecule has 0 aliphatic heterocycles. The number of rotatable bonds is 7. The summed E-state index contributed by atoms with van der Waals surface area (Å²) in [7, 11) is -3.75. The minimum Gasteiger partial charge on any atom is -0.326 e. The Morgan fingerprint density at radius 2 is 1.71 bits per heavy atom. The SMILES string of the molecule is NCc1ccc(S(=O)(=O)N(CC2CC2)CC2CC2)c(F)c1. The van der Waals surface area contributed by atoms with Gasteiger partial charge in [0.2, 0.25) is 10.0 Å². The average molecular weight is 312 g/mol. The lowest BCUT2D eigenvalue weighted by Crippen LogP contribution is -2.35. The molecule has 0 bridgehead atoms. The Labute approximate surface area is 125 Å². The van der Waals surface area contributed by atoms with Gasteiger partial charge in [0.15, 0.2) is 0 Å². The molecule has 2 aliphatic rings. The van der Waals surface area contributed by atoms with Gasteiger partial charge in [0.1, 0.15) is 10.7 Å². The Kier molecular flexibility index (Phi) is 4.03.